The molecule has 0 aromatic heterocycles. The van der Waals surface area contributed by atoms with Crippen LogP contribution in [0.25, 0.3) is 0 Å². The molecule has 1 aromatic carbocycles. The van der Waals surface area contributed by atoms with Crippen LogP contribution < -0.4 is 5.73 Å². The van der Waals surface area contributed by atoms with Gasteiger partial charge in [-0.1, -0.05) is 25.4 Å². The SMILES string of the molecule is CC(C)c1c(Cl)cc(C(F)(F)F)cc1CCN. The normalized spacial score (nSPS) is 12.2. The van der Waals surface area contributed by atoms with Crippen molar-refractivity contribution in [2.75, 3.05) is 6.54 Å². The number of hydrogen-bond donors (Lipinski definition) is 1. The maximum absolute atomic E-state index is 12.6. The van der Waals surface area contributed by atoms with E-state index in [2.05, 4.69) is 0 Å². The third-order valence-electron chi connectivity index (χ3n) is 2.53. The molecule has 0 aliphatic carbocycles. The van der Waals surface area contributed by atoms with Gasteiger partial charge >= 0.3 is 6.18 Å². The molecule has 96 valence electrons. The van der Waals surface area contributed by atoms with E-state index >= 15 is 0 Å². The van der Waals surface area contributed by atoms with Gasteiger partial charge in [-0.25, -0.2) is 0 Å². The molecule has 0 saturated heterocycles. The number of alkyl halides is 3. The molecule has 0 spiro atoms. The average molecular weight is 266 g/mol. The van der Waals surface area contributed by atoms with Crippen LogP contribution in [0.15, 0.2) is 12.1 Å². The number of rotatable bonds is 3. The van der Waals surface area contributed by atoms with Crippen molar-refractivity contribution in [1.29, 1.82) is 0 Å². The predicted octanol–water partition coefficient (Wildman–Crippen LogP) is 3.98. The van der Waals surface area contributed by atoms with Gasteiger partial charge in [0.2, 0.25) is 0 Å². The Bertz CT molecular complexity index is 399. The van der Waals surface area contributed by atoms with Crippen molar-refractivity contribution in [1.82, 2.24) is 0 Å². The first-order chi connectivity index (χ1) is 7.77. The summed E-state index contributed by atoms with van der Waals surface area (Å²) in [5.41, 5.74) is 6.04. The van der Waals surface area contributed by atoms with E-state index in [0.717, 1.165) is 17.7 Å². The molecular formula is C12H15ClF3N. The quantitative estimate of drug-likeness (QED) is 0.879. The van der Waals surface area contributed by atoms with Crippen LogP contribution in [-0.2, 0) is 12.6 Å². The standard InChI is InChI=1S/C12H15ClF3N/c1-7(2)11-8(3-4-17)5-9(6-10(11)13)12(14,15)16/h5-7H,3-4,17H2,1-2H3. The summed E-state index contributed by atoms with van der Waals surface area (Å²) in [5.74, 6) is 0.0753. The number of halogens is 4. The Balaban J connectivity index is 3.36. The molecular weight excluding hydrogens is 251 g/mol. The largest absolute Gasteiger partial charge is 0.416 e. The second-order valence-electron chi connectivity index (χ2n) is 4.22. The Morgan fingerprint density at radius 3 is 2.29 bits per heavy atom. The lowest BCUT2D eigenvalue weighted by Crippen LogP contribution is -2.11. The Labute approximate surface area is 104 Å². The highest BCUT2D eigenvalue weighted by molar-refractivity contribution is 6.31. The maximum atomic E-state index is 12.6. The van der Waals surface area contributed by atoms with Crippen LogP contribution in [0, 0.1) is 0 Å². The molecule has 0 unspecified atom stereocenters. The highest BCUT2D eigenvalue weighted by Gasteiger charge is 2.32. The van der Waals surface area contributed by atoms with Gasteiger partial charge in [0, 0.05) is 5.02 Å². The summed E-state index contributed by atoms with van der Waals surface area (Å²) < 4.78 is 37.9. The van der Waals surface area contributed by atoms with Gasteiger partial charge in [0.05, 0.1) is 5.56 Å². The van der Waals surface area contributed by atoms with E-state index in [4.69, 9.17) is 17.3 Å². The van der Waals surface area contributed by atoms with Crippen LogP contribution in [0.4, 0.5) is 13.2 Å². The molecule has 0 atom stereocenters. The fourth-order valence-corrected chi connectivity index (χ4v) is 2.30. The topological polar surface area (TPSA) is 26.0 Å². The first-order valence-corrected chi connectivity index (χ1v) is 5.74. The molecule has 0 bridgehead atoms. The Morgan fingerprint density at radius 1 is 1.29 bits per heavy atom. The van der Waals surface area contributed by atoms with Gasteiger partial charge in [-0.3, -0.25) is 0 Å². The minimum Gasteiger partial charge on any atom is -0.330 e. The molecule has 17 heavy (non-hydrogen) atoms. The summed E-state index contributed by atoms with van der Waals surface area (Å²) in [5, 5.41) is 0.165. The van der Waals surface area contributed by atoms with Crippen LogP contribution in [0.2, 0.25) is 5.02 Å². The average Bonchev–Trinajstić information content (AvgIpc) is 2.15. The first-order valence-electron chi connectivity index (χ1n) is 5.37. The predicted molar refractivity (Wildman–Crippen MR) is 63.3 cm³/mol. The zero-order valence-electron chi connectivity index (χ0n) is 9.74. The van der Waals surface area contributed by atoms with E-state index in [-0.39, 0.29) is 10.9 Å². The van der Waals surface area contributed by atoms with Crippen LogP contribution in [0.5, 0.6) is 0 Å². The smallest absolute Gasteiger partial charge is 0.330 e. The van der Waals surface area contributed by atoms with Crippen molar-refractivity contribution in [2.24, 2.45) is 5.73 Å². The van der Waals surface area contributed by atoms with Gasteiger partial charge in [-0.2, -0.15) is 13.2 Å². The summed E-state index contributed by atoms with van der Waals surface area (Å²) in [6.07, 6.45) is -3.97. The molecule has 1 aromatic rings. The monoisotopic (exact) mass is 265 g/mol. The second-order valence-corrected chi connectivity index (χ2v) is 4.63. The zero-order chi connectivity index (χ0) is 13.2. The molecule has 1 rings (SSSR count). The van der Waals surface area contributed by atoms with Crippen molar-refractivity contribution in [2.45, 2.75) is 32.4 Å². The second kappa shape index (κ2) is 5.27. The molecule has 0 aliphatic heterocycles. The third kappa shape index (κ3) is 3.36. The van der Waals surface area contributed by atoms with Gasteiger partial charge < -0.3 is 5.73 Å². The van der Waals surface area contributed by atoms with Crippen LogP contribution in [0.1, 0.15) is 36.5 Å². The molecule has 0 aliphatic rings. The maximum Gasteiger partial charge on any atom is 0.416 e. The fraction of sp³-hybridized carbons (Fsp3) is 0.500. The van der Waals surface area contributed by atoms with Crippen molar-refractivity contribution in [3.05, 3.63) is 33.8 Å². The molecule has 5 heteroatoms. The van der Waals surface area contributed by atoms with Crippen LogP contribution in [0.3, 0.4) is 0 Å². The highest BCUT2D eigenvalue weighted by atomic mass is 35.5. The van der Waals surface area contributed by atoms with Gasteiger partial charge in [-0.15, -0.1) is 0 Å². The summed E-state index contributed by atoms with van der Waals surface area (Å²) in [6, 6.07) is 2.13. The summed E-state index contributed by atoms with van der Waals surface area (Å²) in [7, 11) is 0. The lowest BCUT2D eigenvalue weighted by molar-refractivity contribution is -0.137. The van der Waals surface area contributed by atoms with Gasteiger partial charge in [0.15, 0.2) is 0 Å². The zero-order valence-corrected chi connectivity index (χ0v) is 10.5. The molecule has 0 saturated carbocycles. The summed E-state index contributed by atoms with van der Waals surface area (Å²) in [4.78, 5) is 0. The van der Waals surface area contributed by atoms with Gasteiger partial charge in [-0.05, 0) is 42.1 Å². The number of nitrogens with two attached hydrogens (primary N) is 1. The van der Waals surface area contributed by atoms with E-state index < -0.39 is 11.7 Å². The van der Waals surface area contributed by atoms with E-state index in [1.807, 2.05) is 13.8 Å². The Kier molecular flexibility index (Phi) is 4.44. The molecule has 0 amide bonds. The van der Waals surface area contributed by atoms with Gasteiger partial charge in [0.25, 0.3) is 0 Å². The van der Waals surface area contributed by atoms with E-state index in [9.17, 15) is 13.2 Å². The fourth-order valence-electron chi connectivity index (χ4n) is 1.85. The van der Waals surface area contributed by atoms with Crippen molar-refractivity contribution >= 4 is 11.6 Å². The van der Waals surface area contributed by atoms with Crippen LogP contribution >= 0.6 is 11.6 Å². The van der Waals surface area contributed by atoms with Gasteiger partial charge in [0.1, 0.15) is 0 Å². The Morgan fingerprint density at radius 2 is 1.88 bits per heavy atom. The number of hydrogen-bond acceptors (Lipinski definition) is 1. The number of benzene rings is 1. The lowest BCUT2D eigenvalue weighted by atomic mass is 9.93. The van der Waals surface area contributed by atoms with Crippen molar-refractivity contribution < 1.29 is 13.2 Å². The van der Waals surface area contributed by atoms with Crippen molar-refractivity contribution in [3.8, 4) is 0 Å². The van der Waals surface area contributed by atoms with Crippen molar-refractivity contribution in [3.63, 3.8) is 0 Å². The molecule has 0 fully saturated rings. The minimum absolute atomic E-state index is 0.0753. The first kappa shape index (κ1) is 14.3. The van der Waals surface area contributed by atoms with E-state index in [1.54, 1.807) is 0 Å². The highest BCUT2D eigenvalue weighted by Crippen LogP contribution is 2.36. The van der Waals surface area contributed by atoms with Crippen LogP contribution in [-0.4, -0.2) is 6.54 Å². The molecule has 0 radical (unpaired) electrons. The van der Waals surface area contributed by atoms with E-state index in [0.29, 0.717) is 18.5 Å². The Hall–Kier alpha value is -0.740. The minimum atomic E-state index is -4.37. The third-order valence-corrected chi connectivity index (χ3v) is 2.85. The summed E-state index contributed by atoms with van der Waals surface area (Å²) in [6.45, 7) is 4.10. The summed E-state index contributed by atoms with van der Waals surface area (Å²) >= 11 is 5.93. The molecule has 2 N–H and O–H groups in total. The molecule has 1 nitrogen and oxygen atoms in total. The van der Waals surface area contributed by atoms with E-state index in [1.165, 1.54) is 0 Å². The lowest BCUT2D eigenvalue weighted by Gasteiger charge is -2.17. The molecule has 0 heterocycles.